The van der Waals surface area contributed by atoms with Crippen LogP contribution in [0.4, 0.5) is 0 Å². The van der Waals surface area contributed by atoms with Crippen LogP contribution in [0.5, 0.6) is 5.75 Å². The molecule has 1 fully saturated rings. The lowest BCUT2D eigenvalue weighted by Gasteiger charge is -2.32. The van der Waals surface area contributed by atoms with Gasteiger partial charge in [0.25, 0.3) is 0 Å². The minimum atomic E-state index is -0.879. The Balaban J connectivity index is 0.000000379. The van der Waals surface area contributed by atoms with Crippen molar-refractivity contribution in [1.82, 2.24) is 4.90 Å². The summed E-state index contributed by atoms with van der Waals surface area (Å²) in [4.78, 5) is 12.7. The van der Waals surface area contributed by atoms with Crippen molar-refractivity contribution in [2.24, 2.45) is 0 Å². The van der Waals surface area contributed by atoms with Crippen LogP contribution in [0, 0.1) is 13.8 Å². The van der Waals surface area contributed by atoms with Crippen molar-refractivity contribution in [2.75, 3.05) is 26.8 Å². The molecule has 1 saturated heterocycles. The number of allylic oxidation sites excluding steroid dienone is 1. The number of hydrogen-bond acceptors (Lipinski definition) is 4. The van der Waals surface area contributed by atoms with E-state index in [1.807, 2.05) is 0 Å². The van der Waals surface area contributed by atoms with Gasteiger partial charge >= 0.3 is 5.97 Å². The summed E-state index contributed by atoms with van der Waals surface area (Å²) < 4.78 is 11.5. The molecule has 0 saturated carbocycles. The van der Waals surface area contributed by atoms with Crippen LogP contribution in [0.1, 0.15) is 72.1 Å². The van der Waals surface area contributed by atoms with Gasteiger partial charge in [-0.05, 0) is 74.9 Å². The number of likely N-dealkylation sites (tertiary alicyclic amines) is 1. The molecule has 0 bridgehead atoms. The number of methoxy groups -OCH3 is 1. The third kappa shape index (κ3) is 8.30. The first kappa shape index (κ1) is 27.6. The number of ether oxygens (including phenoxy) is 2. The standard InChI is InChI=1S/C22H35NO2.C7H6O2/c1-6-8-9-10-20-18(4)17(3)15-22(24-5)21(20)16-23-13-11-19(12-14-23)25-7-2;8-7(9)6-4-2-1-3-5-6/h9-10,15,19H,6-8,11-14,16H2,1-5H3;1-5H,(H,8,9)/b10-9-;. The first-order valence-electron chi connectivity index (χ1n) is 12.4. The number of carbonyl (C=O) groups is 1. The van der Waals surface area contributed by atoms with Gasteiger partial charge in [-0.2, -0.15) is 0 Å². The molecule has 2 aromatic rings. The van der Waals surface area contributed by atoms with Gasteiger partial charge in [-0.15, -0.1) is 0 Å². The second kappa shape index (κ2) is 14.6. The van der Waals surface area contributed by atoms with Crippen LogP contribution in [0.3, 0.4) is 0 Å². The zero-order valence-electron chi connectivity index (χ0n) is 21.5. The minimum Gasteiger partial charge on any atom is -0.496 e. The fraction of sp³-hybridized carbons (Fsp3) is 0.483. The second-order valence-corrected chi connectivity index (χ2v) is 8.71. The molecule has 0 spiro atoms. The maximum Gasteiger partial charge on any atom is 0.335 e. The average molecular weight is 468 g/mol. The van der Waals surface area contributed by atoms with Crippen LogP contribution in [-0.4, -0.2) is 48.9 Å². The summed E-state index contributed by atoms with van der Waals surface area (Å²) in [7, 11) is 1.79. The number of benzene rings is 2. The number of rotatable bonds is 9. The molecule has 1 heterocycles. The average Bonchev–Trinajstić information content (AvgIpc) is 2.85. The predicted molar refractivity (Wildman–Crippen MR) is 140 cm³/mol. The molecule has 0 aromatic heterocycles. The molecule has 1 N–H and O–H groups in total. The van der Waals surface area contributed by atoms with Crippen LogP contribution < -0.4 is 4.74 Å². The highest BCUT2D eigenvalue weighted by Crippen LogP contribution is 2.31. The van der Waals surface area contributed by atoms with E-state index in [2.05, 4.69) is 50.8 Å². The van der Waals surface area contributed by atoms with Crippen molar-refractivity contribution in [3.05, 3.63) is 70.3 Å². The molecule has 1 aliphatic heterocycles. The van der Waals surface area contributed by atoms with E-state index in [0.29, 0.717) is 11.7 Å². The van der Waals surface area contributed by atoms with Gasteiger partial charge < -0.3 is 14.6 Å². The maximum atomic E-state index is 10.2. The van der Waals surface area contributed by atoms with Crippen molar-refractivity contribution >= 4 is 12.0 Å². The molecule has 5 nitrogen and oxygen atoms in total. The summed E-state index contributed by atoms with van der Waals surface area (Å²) in [5.74, 6) is 0.141. The largest absolute Gasteiger partial charge is 0.496 e. The molecule has 1 aliphatic rings. The Morgan fingerprint density at radius 3 is 2.35 bits per heavy atom. The van der Waals surface area contributed by atoms with Crippen molar-refractivity contribution in [3.8, 4) is 5.75 Å². The van der Waals surface area contributed by atoms with Crippen molar-refractivity contribution in [2.45, 2.75) is 66.0 Å². The number of aryl methyl sites for hydroxylation is 1. The highest BCUT2D eigenvalue weighted by Gasteiger charge is 2.22. The summed E-state index contributed by atoms with van der Waals surface area (Å²) in [6.07, 6.45) is 9.59. The van der Waals surface area contributed by atoms with Gasteiger partial charge in [-0.1, -0.05) is 43.7 Å². The summed E-state index contributed by atoms with van der Waals surface area (Å²) in [5, 5.41) is 8.38. The zero-order valence-corrected chi connectivity index (χ0v) is 21.5. The van der Waals surface area contributed by atoms with Gasteiger partial charge in [-0.3, -0.25) is 4.90 Å². The first-order valence-corrected chi connectivity index (χ1v) is 12.4. The lowest BCUT2D eigenvalue weighted by atomic mass is 9.94. The van der Waals surface area contributed by atoms with Crippen molar-refractivity contribution in [3.63, 3.8) is 0 Å². The summed E-state index contributed by atoms with van der Waals surface area (Å²) in [6, 6.07) is 10.5. The highest BCUT2D eigenvalue weighted by molar-refractivity contribution is 5.87. The number of carboxylic acids is 1. The Morgan fingerprint density at radius 2 is 1.82 bits per heavy atom. The van der Waals surface area contributed by atoms with Crippen molar-refractivity contribution < 1.29 is 19.4 Å². The third-order valence-electron chi connectivity index (χ3n) is 6.26. The van der Waals surface area contributed by atoms with Crippen LogP contribution in [0.25, 0.3) is 6.08 Å². The smallest absolute Gasteiger partial charge is 0.335 e. The Labute approximate surface area is 205 Å². The highest BCUT2D eigenvalue weighted by atomic mass is 16.5. The lowest BCUT2D eigenvalue weighted by molar-refractivity contribution is 0.0124. The summed E-state index contributed by atoms with van der Waals surface area (Å²) >= 11 is 0. The number of nitrogens with zero attached hydrogens (tertiary/aromatic N) is 1. The van der Waals surface area contributed by atoms with Crippen LogP contribution in [0.15, 0.2) is 42.5 Å². The van der Waals surface area contributed by atoms with E-state index in [0.717, 1.165) is 51.3 Å². The van der Waals surface area contributed by atoms with Crippen LogP contribution >= 0.6 is 0 Å². The van der Waals surface area contributed by atoms with E-state index in [1.54, 1.807) is 37.4 Å². The quantitative estimate of drug-likeness (QED) is 0.455. The molecule has 3 rings (SSSR count). The van der Waals surface area contributed by atoms with Crippen molar-refractivity contribution in [1.29, 1.82) is 0 Å². The van der Waals surface area contributed by atoms with Gasteiger partial charge in [0.15, 0.2) is 0 Å². The molecule has 0 atom stereocenters. The maximum absolute atomic E-state index is 10.2. The predicted octanol–water partition coefficient (Wildman–Crippen LogP) is 6.51. The van der Waals surface area contributed by atoms with E-state index in [4.69, 9.17) is 14.6 Å². The minimum absolute atomic E-state index is 0.331. The number of unbranched alkanes of at least 4 members (excludes halogenated alkanes) is 1. The Bertz CT molecular complexity index is 915. The lowest BCUT2D eigenvalue weighted by Crippen LogP contribution is -2.36. The fourth-order valence-corrected chi connectivity index (χ4v) is 4.18. The Kier molecular flexibility index (Phi) is 11.9. The number of carboxylic acid groups (broad SMARTS) is 1. The van der Waals surface area contributed by atoms with Gasteiger partial charge in [0, 0.05) is 31.8 Å². The number of piperidine rings is 1. The normalized spacial score (nSPS) is 14.6. The number of hydrogen-bond donors (Lipinski definition) is 1. The van der Waals surface area contributed by atoms with E-state index in [1.165, 1.54) is 28.7 Å². The monoisotopic (exact) mass is 467 g/mol. The van der Waals surface area contributed by atoms with E-state index in [-0.39, 0.29) is 0 Å². The molecule has 0 radical (unpaired) electrons. The van der Waals surface area contributed by atoms with E-state index < -0.39 is 5.97 Å². The first-order chi connectivity index (χ1) is 16.4. The van der Waals surface area contributed by atoms with E-state index in [9.17, 15) is 4.79 Å². The fourth-order valence-electron chi connectivity index (χ4n) is 4.18. The van der Waals surface area contributed by atoms with Crippen LogP contribution in [-0.2, 0) is 11.3 Å². The molecule has 186 valence electrons. The molecule has 0 amide bonds. The van der Waals surface area contributed by atoms with Gasteiger partial charge in [0.2, 0.25) is 0 Å². The van der Waals surface area contributed by atoms with Gasteiger partial charge in [0.05, 0.1) is 18.8 Å². The van der Waals surface area contributed by atoms with Gasteiger partial charge in [-0.25, -0.2) is 4.79 Å². The topological polar surface area (TPSA) is 59.0 Å². The summed E-state index contributed by atoms with van der Waals surface area (Å²) in [5.41, 5.74) is 5.67. The van der Waals surface area contributed by atoms with Crippen LogP contribution in [0.2, 0.25) is 0 Å². The Hall–Kier alpha value is -2.63. The molecular weight excluding hydrogens is 426 g/mol. The molecule has 34 heavy (non-hydrogen) atoms. The molecule has 5 heteroatoms. The SMILES string of the molecule is CCC/C=C\c1c(C)c(C)cc(OC)c1CN1CCC(OCC)CC1.O=C(O)c1ccccc1. The molecule has 0 aliphatic carbocycles. The third-order valence-corrected chi connectivity index (χ3v) is 6.26. The second-order valence-electron chi connectivity index (χ2n) is 8.71. The Morgan fingerprint density at radius 1 is 1.15 bits per heavy atom. The number of aromatic carboxylic acids is 1. The molecule has 2 aromatic carbocycles. The van der Waals surface area contributed by atoms with E-state index >= 15 is 0 Å². The zero-order chi connectivity index (χ0) is 24.9. The summed E-state index contributed by atoms with van der Waals surface area (Å²) in [6.45, 7) is 12.7. The molecular formula is C29H41NO4. The molecule has 0 unspecified atom stereocenters. The van der Waals surface area contributed by atoms with Gasteiger partial charge in [0.1, 0.15) is 5.75 Å².